The molecule has 23 heavy (non-hydrogen) atoms. The minimum absolute atomic E-state index is 0.138. The monoisotopic (exact) mass is 336 g/mol. The Hall–Kier alpha value is -2.02. The fraction of sp³-hybridized carbons (Fsp3) is 0.438. The second kappa shape index (κ2) is 5.88. The number of ether oxygens (including phenoxy) is 1. The molecule has 0 aliphatic carbocycles. The van der Waals surface area contributed by atoms with Gasteiger partial charge in [-0.2, -0.15) is 0 Å². The lowest BCUT2D eigenvalue weighted by Crippen LogP contribution is -2.25. The number of aromatic nitrogens is 1. The van der Waals surface area contributed by atoms with Gasteiger partial charge in [-0.1, -0.05) is 6.92 Å². The molecule has 3 rings (SSSR count). The van der Waals surface area contributed by atoms with Crippen LogP contribution in [0.4, 0.5) is 5.69 Å². The number of H-pyrrole nitrogens is 1. The summed E-state index contributed by atoms with van der Waals surface area (Å²) in [5, 5.41) is 0.871. The fourth-order valence-corrected chi connectivity index (χ4v) is 4.57. The second-order valence-electron chi connectivity index (χ2n) is 5.55. The molecule has 1 fully saturated rings. The third-order valence-electron chi connectivity index (χ3n) is 4.11. The number of nitrogens with zero attached hydrogens (tertiary/aromatic N) is 1. The topological polar surface area (TPSA) is 79.5 Å². The molecule has 6 nitrogen and oxygen atoms in total. The highest BCUT2D eigenvalue weighted by molar-refractivity contribution is 7.93. The lowest BCUT2D eigenvalue weighted by atomic mass is 10.1. The maximum atomic E-state index is 12.3. The number of nitrogens with one attached hydrogen (secondary N) is 1. The van der Waals surface area contributed by atoms with E-state index < -0.39 is 16.0 Å². The van der Waals surface area contributed by atoms with Crippen molar-refractivity contribution in [2.24, 2.45) is 0 Å². The average Bonchev–Trinajstić information content (AvgIpc) is 3.08. The van der Waals surface area contributed by atoms with Crippen LogP contribution in [0.3, 0.4) is 0 Å². The van der Waals surface area contributed by atoms with Crippen molar-refractivity contribution in [3.05, 3.63) is 29.5 Å². The number of fused-ring (bicyclic) bond motifs is 1. The summed E-state index contributed by atoms with van der Waals surface area (Å²) in [6, 6.07) is 3.38. The number of carbonyl (C=O) groups excluding carboxylic acids is 1. The number of esters is 1. The van der Waals surface area contributed by atoms with Crippen molar-refractivity contribution in [1.82, 2.24) is 4.98 Å². The maximum absolute atomic E-state index is 12.3. The molecule has 1 aliphatic rings. The highest BCUT2D eigenvalue weighted by Gasteiger charge is 2.31. The van der Waals surface area contributed by atoms with E-state index in [1.165, 1.54) is 4.31 Å². The molecule has 1 aromatic heterocycles. The van der Waals surface area contributed by atoms with E-state index >= 15 is 0 Å². The lowest BCUT2D eigenvalue weighted by molar-refractivity contribution is 0.0526. The molecule has 1 saturated heterocycles. The van der Waals surface area contributed by atoms with Crippen LogP contribution in [0, 0.1) is 0 Å². The molecule has 0 spiro atoms. The van der Waals surface area contributed by atoms with E-state index in [9.17, 15) is 13.2 Å². The minimum Gasteiger partial charge on any atom is -0.462 e. The number of aryl methyl sites for hydroxylation is 1. The van der Waals surface area contributed by atoms with Crippen LogP contribution in [-0.4, -0.2) is 38.3 Å². The summed E-state index contributed by atoms with van der Waals surface area (Å²) in [4.78, 5) is 15.3. The summed E-state index contributed by atoms with van der Waals surface area (Å²) in [5.74, 6) is -0.296. The van der Waals surface area contributed by atoms with Gasteiger partial charge in [0.2, 0.25) is 10.0 Å². The van der Waals surface area contributed by atoms with Crippen molar-refractivity contribution < 1.29 is 17.9 Å². The number of rotatable bonds is 4. The normalized spacial score (nSPS) is 16.9. The van der Waals surface area contributed by atoms with Crippen LogP contribution < -0.4 is 4.31 Å². The fourth-order valence-electron chi connectivity index (χ4n) is 3.00. The van der Waals surface area contributed by atoms with Gasteiger partial charge in [-0.3, -0.25) is 4.31 Å². The van der Waals surface area contributed by atoms with Gasteiger partial charge in [0.05, 0.1) is 29.1 Å². The zero-order chi connectivity index (χ0) is 16.6. The highest BCUT2D eigenvalue weighted by atomic mass is 32.2. The molecule has 1 aromatic carbocycles. The maximum Gasteiger partial charge on any atom is 0.338 e. The molecule has 1 N–H and O–H groups in total. The van der Waals surface area contributed by atoms with Crippen LogP contribution in [0.5, 0.6) is 0 Å². The van der Waals surface area contributed by atoms with Crippen LogP contribution in [0.25, 0.3) is 10.9 Å². The van der Waals surface area contributed by atoms with E-state index in [-0.39, 0.29) is 12.4 Å². The molecule has 124 valence electrons. The van der Waals surface area contributed by atoms with Gasteiger partial charge in [-0.25, -0.2) is 13.2 Å². The predicted octanol–water partition coefficient (Wildman–Crippen LogP) is 2.45. The van der Waals surface area contributed by atoms with Gasteiger partial charge < -0.3 is 9.72 Å². The zero-order valence-corrected chi connectivity index (χ0v) is 14.1. The Morgan fingerprint density at radius 3 is 2.74 bits per heavy atom. The molecular formula is C16H20N2O4S. The lowest BCUT2D eigenvalue weighted by Gasteiger charge is -2.19. The van der Waals surface area contributed by atoms with Crippen molar-refractivity contribution in [1.29, 1.82) is 0 Å². The Labute approximate surface area is 135 Å². The number of hydrogen-bond donors (Lipinski definition) is 1. The van der Waals surface area contributed by atoms with E-state index in [2.05, 4.69) is 4.98 Å². The standard InChI is InChI=1S/C16H20N2O4S/c1-3-11-10-17-15-13(11)8-12(16(19)22-4-2)9-14(15)18-6-5-7-23(18,20)21/h8-10,17H,3-7H2,1-2H3. The smallest absolute Gasteiger partial charge is 0.338 e. The van der Waals surface area contributed by atoms with Gasteiger partial charge in [0.1, 0.15) is 0 Å². The Morgan fingerprint density at radius 2 is 2.13 bits per heavy atom. The number of hydrogen-bond acceptors (Lipinski definition) is 4. The predicted molar refractivity (Wildman–Crippen MR) is 89.4 cm³/mol. The second-order valence-corrected chi connectivity index (χ2v) is 7.56. The highest BCUT2D eigenvalue weighted by Crippen LogP contribution is 2.34. The van der Waals surface area contributed by atoms with Crippen molar-refractivity contribution in [3.8, 4) is 0 Å². The molecule has 0 unspecified atom stereocenters. The van der Waals surface area contributed by atoms with E-state index in [4.69, 9.17) is 4.74 Å². The van der Waals surface area contributed by atoms with Crippen LogP contribution in [-0.2, 0) is 21.2 Å². The summed E-state index contributed by atoms with van der Waals surface area (Å²) in [6.45, 7) is 4.48. The number of sulfonamides is 1. The van der Waals surface area contributed by atoms with Gasteiger partial charge in [-0.05, 0) is 37.5 Å². The van der Waals surface area contributed by atoms with Gasteiger partial charge >= 0.3 is 5.97 Å². The average molecular weight is 336 g/mol. The third-order valence-corrected chi connectivity index (χ3v) is 5.97. The summed E-state index contributed by atoms with van der Waals surface area (Å²) < 4.78 is 31.0. The molecule has 0 bridgehead atoms. The quantitative estimate of drug-likeness (QED) is 0.870. The van der Waals surface area contributed by atoms with Gasteiger partial charge in [0, 0.05) is 18.1 Å². The molecule has 1 aliphatic heterocycles. The minimum atomic E-state index is -3.32. The first-order valence-electron chi connectivity index (χ1n) is 7.79. The van der Waals surface area contributed by atoms with E-state index in [1.54, 1.807) is 19.1 Å². The van der Waals surface area contributed by atoms with E-state index in [1.807, 2.05) is 13.1 Å². The molecule has 2 heterocycles. The SMILES string of the molecule is CCOC(=O)c1cc(N2CCCS2(=O)=O)c2[nH]cc(CC)c2c1. The van der Waals surface area contributed by atoms with Crippen LogP contribution in [0.1, 0.15) is 36.2 Å². The van der Waals surface area contributed by atoms with Crippen LogP contribution >= 0.6 is 0 Å². The third kappa shape index (κ3) is 2.69. The number of benzene rings is 1. The first kappa shape index (κ1) is 15.9. The summed E-state index contributed by atoms with van der Waals surface area (Å²) >= 11 is 0. The molecule has 0 atom stereocenters. The molecule has 0 radical (unpaired) electrons. The Morgan fingerprint density at radius 1 is 1.35 bits per heavy atom. The van der Waals surface area contributed by atoms with Gasteiger partial charge in [-0.15, -0.1) is 0 Å². The van der Waals surface area contributed by atoms with Crippen molar-refractivity contribution in [3.63, 3.8) is 0 Å². The van der Waals surface area contributed by atoms with Crippen molar-refractivity contribution >= 4 is 32.6 Å². The number of aromatic amines is 1. The van der Waals surface area contributed by atoms with Crippen molar-refractivity contribution in [2.45, 2.75) is 26.7 Å². The van der Waals surface area contributed by atoms with E-state index in [0.29, 0.717) is 24.2 Å². The van der Waals surface area contributed by atoms with Gasteiger partial charge in [0.15, 0.2) is 0 Å². The first-order valence-corrected chi connectivity index (χ1v) is 9.40. The summed E-state index contributed by atoms with van der Waals surface area (Å²) in [7, 11) is -3.32. The Kier molecular flexibility index (Phi) is 4.06. The molecule has 7 heteroatoms. The molecule has 0 amide bonds. The Balaban J connectivity index is 2.23. The van der Waals surface area contributed by atoms with E-state index in [0.717, 1.165) is 22.9 Å². The van der Waals surface area contributed by atoms with Crippen molar-refractivity contribution in [2.75, 3.05) is 23.2 Å². The van der Waals surface area contributed by atoms with Crippen LogP contribution in [0.2, 0.25) is 0 Å². The molecule has 0 saturated carbocycles. The number of anilines is 1. The summed E-state index contributed by atoms with van der Waals surface area (Å²) in [6.07, 6.45) is 3.25. The number of carbonyl (C=O) groups is 1. The largest absolute Gasteiger partial charge is 0.462 e. The molecule has 2 aromatic rings. The first-order chi connectivity index (χ1) is 11.0. The van der Waals surface area contributed by atoms with Crippen LogP contribution in [0.15, 0.2) is 18.3 Å². The van der Waals surface area contributed by atoms with Gasteiger partial charge in [0.25, 0.3) is 0 Å². The summed E-state index contributed by atoms with van der Waals surface area (Å²) in [5.41, 5.74) is 2.71. The zero-order valence-electron chi connectivity index (χ0n) is 13.3. The Bertz CT molecular complexity index is 854. The molecular weight excluding hydrogens is 316 g/mol.